The molecule has 3 heteroatoms. The number of nitrogens with one attached hydrogen (secondary N) is 1. The molecule has 1 heterocycles. The first-order valence-corrected chi connectivity index (χ1v) is 8.43. The summed E-state index contributed by atoms with van der Waals surface area (Å²) in [5, 5.41) is 3.60. The molecule has 3 rings (SSSR count). The maximum absolute atomic E-state index is 5.76. The molecule has 1 fully saturated rings. The van der Waals surface area contributed by atoms with Crippen molar-refractivity contribution in [3.63, 3.8) is 0 Å². The number of rotatable bonds is 7. The van der Waals surface area contributed by atoms with Crippen LogP contribution in [0, 0.1) is 5.92 Å². The summed E-state index contributed by atoms with van der Waals surface area (Å²) in [6.45, 7) is 5.06. The van der Waals surface area contributed by atoms with E-state index in [0.29, 0.717) is 0 Å². The van der Waals surface area contributed by atoms with E-state index in [1.807, 2.05) is 0 Å². The van der Waals surface area contributed by atoms with Crippen LogP contribution in [0.3, 0.4) is 0 Å². The van der Waals surface area contributed by atoms with E-state index < -0.39 is 0 Å². The highest BCUT2D eigenvalue weighted by Gasteiger charge is 2.20. The lowest BCUT2D eigenvalue weighted by Gasteiger charge is -2.13. The fraction of sp³-hybridized carbons (Fsp3) is 0.667. The second-order valence-electron chi connectivity index (χ2n) is 6.49. The van der Waals surface area contributed by atoms with E-state index >= 15 is 0 Å². The van der Waals surface area contributed by atoms with Crippen LogP contribution in [0.25, 0.3) is 0 Å². The fourth-order valence-corrected chi connectivity index (χ4v) is 2.74. The topological polar surface area (TPSA) is 30.5 Å². The molecule has 1 unspecified atom stereocenters. The number of ether oxygens (including phenoxy) is 2. The van der Waals surface area contributed by atoms with E-state index in [2.05, 4.69) is 30.4 Å². The standard InChI is InChI=1S/C18H27NO2/c1-14(9-10-19-16-6-7-16)3-4-15-5-8-17-18(13-15)21-12-2-11-20-17/h5,8,13-14,16,19H,2-4,6-7,9-12H2,1H3. The van der Waals surface area contributed by atoms with Gasteiger partial charge in [0.05, 0.1) is 13.2 Å². The molecule has 1 aliphatic carbocycles. The van der Waals surface area contributed by atoms with Crippen LogP contribution >= 0.6 is 0 Å². The summed E-state index contributed by atoms with van der Waals surface area (Å²) in [6, 6.07) is 7.24. The molecular weight excluding hydrogens is 262 g/mol. The second kappa shape index (κ2) is 7.17. The second-order valence-corrected chi connectivity index (χ2v) is 6.49. The lowest BCUT2D eigenvalue weighted by Crippen LogP contribution is -2.19. The molecule has 116 valence electrons. The third kappa shape index (κ3) is 4.63. The van der Waals surface area contributed by atoms with Crippen LogP contribution < -0.4 is 14.8 Å². The number of benzene rings is 1. The first-order chi connectivity index (χ1) is 10.3. The molecule has 0 saturated heterocycles. The molecule has 0 radical (unpaired) electrons. The predicted molar refractivity (Wildman–Crippen MR) is 85.2 cm³/mol. The van der Waals surface area contributed by atoms with Gasteiger partial charge >= 0.3 is 0 Å². The van der Waals surface area contributed by atoms with Gasteiger partial charge in [0.15, 0.2) is 11.5 Å². The van der Waals surface area contributed by atoms with Crippen molar-refractivity contribution in [3.8, 4) is 11.5 Å². The maximum atomic E-state index is 5.76. The lowest BCUT2D eigenvalue weighted by molar-refractivity contribution is 0.297. The van der Waals surface area contributed by atoms with Crippen molar-refractivity contribution in [2.24, 2.45) is 5.92 Å². The summed E-state index contributed by atoms with van der Waals surface area (Å²) in [5.74, 6) is 2.60. The van der Waals surface area contributed by atoms with Crippen LogP contribution in [0.1, 0.15) is 44.6 Å². The van der Waals surface area contributed by atoms with Gasteiger partial charge in [0.25, 0.3) is 0 Å². The number of fused-ring (bicyclic) bond motifs is 1. The third-order valence-corrected chi connectivity index (χ3v) is 4.39. The van der Waals surface area contributed by atoms with Crippen LogP contribution in [-0.4, -0.2) is 25.8 Å². The number of hydrogen-bond donors (Lipinski definition) is 1. The largest absolute Gasteiger partial charge is 0.490 e. The van der Waals surface area contributed by atoms with Gasteiger partial charge in [-0.15, -0.1) is 0 Å². The highest BCUT2D eigenvalue weighted by molar-refractivity contribution is 5.43. The minimum Gasteiger partial charge on any atom is -0.490 e. The minimum atomic E-state index is 0.761. The van der Waals surface area contributed by atoms with Crippen LogP contribution in [0.5, 0.6) is 11.5 Å². The Labute approximate surface area is 128 Å². The summed E-state index contributed by atoms with van der Waals surface area (Å²) in [4.78, 5) is 0. The van der Waals surface area contributed by atoms with Crippen LogP contribution in [0.2, 0.25) is 0 Å². The Morgan fingerprint density at radius 3 is 2.76 bits per heavy atom. The average Bonchev–Trinajstić information content (AvgIpc) is 3.31. The summed E-state index contributed by atoms with van der Waals surface area (Å²) >= 11 is 0. The van der Waals surface area contributed by atoms with Gasteiger partial charge in [0.2, 0.25) is 0 Å². The maximum Gasteiger partial charge on any atom is 0.161 e. The highest BCUT2D eigenvalue weighted by atomic mass is 16.5. The van der Waals surface area contributed by atoms with E-state index in [9.17, 15) is 0 Å². The minimum absolute atomic E-state index is 0.761. The third-order valence-electron chi connectivity index (χ3n) is 4.39. The van der Waals surface area contributed by atoms with Crippen molar-refractivity contribution in [2.45, 2.75) is 51.5 Å². The van der Waals surface area contributed by atoms with Gasteiger partial charge < -0.3 is 14.8 Å². The molecule has 0 amide bonds. The van der Waals surface area contributed by atoms with Gasteiger partial charge in [0.1, 0.15) is 0 Å². The van der Waals surface area contributed by atoms with E-state index in [-0.39, 0.29) is 0 Å². The van der Waals surface area contributed by atoms with Gasteiger partial charge in [-0.25, -0.2) is 0 Å². The normalized spacial score (nSPS) is 19.1. The number of aryl methyl sites for hydroxylation is 1. The van der Waals surface area contributed by atoms with E-state index in [0.717, 1.165) is 49.5 Å². The molecule has 1 atom stereocenters. The molecule has 2 aliphatic rings. The molecule has 0 spiro atoms. The molecule has 0 aromatic heterocycles. The molecule has 3 nitrogen and oxygen atoms in total. The summed E-state index contributed by atoms with van der Waals surface area (Å²) in [7, 11) is 0. The zero-order valence-electron chi connectivity index (χ0n) is 13.1. The first-order valence-electron chi connectivity index (χ1n) is 8.43. The zero-order chi connectivity index (χ0) is 14.5. The molecule has 1 aliphatic heterocycles. The average molecular weight is 289 g/mol. The fourth-order valence-electron chi connectivity index (χ4n) is 2.74. The molecular formula is C18H27NO2. The molecule has 1 aromatic rings. The van der Waals surface area contributed by atoms with Crippen LogP contribution in [-0.2, 0) is 6.42 Å². The Bertz CT molecular complexity index is 457. The Morgan fingerprint density at radius 2 is 1.95 bits per heavy atom. The van der Waals surface area contributed by atoms with E-state index in [4.69, 9.17) is 9.47 Å². The smallest absolute Gasteiger partial charge is 0.161 e. The summed E-state index contributed by atoms with van der Waals surface area (Å²) < 4.78 is 11.4. The van der Waals surface area contributed by atoms with E-state index in [1.54, 1.807) is 0 Å². The van der Waals surface area contributed by atoms with Crippen molar-refractivity contribution < 1.29 is 9.47 Å². The van der Waals surface area contributed by atoms with Crippen LogP contribution in [0.15, 0.2) is 18.2 Å². The molecule has 1 N–H and O–H groups in total. The Balaban J connectivity index is 1.44. The Morgan fingerprint density at radius 1 is 1.14 bits per heavy atom. The monoisotopic (exact) mass is 289 g/mol. The Hall–Kier alpha value is -1.22. The lowest BCUT2D eigenvalue weighted by atomic mass is 9.98. The molecule has 1 saturated carbocycles. The summed E-state index contributed by atoms with van der Waals surface area (Å²) in [5.41, 5.74) is 1.36. The SMILES string of the molecule is CC(CCNC1CC1)CCc1ccc2c(c1)OCCCO2. The Kier molecular flexibility index (Phi) is 5.02. The highest BCUT2D eigenvalue weighted by Crippen LogP contribution is 2.31. The molecule has 0 bridgehead atoms. The van der Waals surface area contributed by atoms with Crippen molar-refractivity contribution in [2.75, 3.05) is 19.8 Å². The van der Waals surface area contributed by atoms with Crippen molar-refractivity contribution in [1.29, 1.82) is 0 Å². The van der Waals surface area contributed by atoms with Crippen LogP contribution in [0.4, 0.5) is 0 Å². The predicted octanol–water partition coefficient (Wildman–Crippen LogP) is 3.56. The molecule has 21 heavy (non-hydrogen) atoms. The van der Waals surface area contributed by atoms with Crippen molar-refractivity contribution in [3.05, 3.63) is 23.8 Å². The zero-order valence-corrected chi connectivity index (χ0v) is 13.1. The van der Waals surface area contributed by atoms with Crippen molar-refractivity contribution >= 4 is 0 Å². The summed E-state index contributed by atoms with van der Waals surface area (Å²) in [6.07, 6.45) is 7.38. The van der Waals surface area contributed by atoms with Gasteiger partial charge in [0, 0.05) is 12.5 Å². The van der Waals surface area contributed by atoms with Gasteiger partial charge in [-0.05, 0) is 62.3 Å². The van der Waals surface area contributed by atoms with Crippen molar-refractivity contribution in [1.82, 2.24) is 5.32 Å². The number of hydrogen-bond acceptors (Lipinski definition) is 3. The quantitative estimate of drug-likeness (QED) is 0.832. The molecule has 1 aromatic carbocycles. The van der Waals surface area contributed by atoms with Gasteiger partial charge in [-0.3, -0.25) is 0 Å². The van der Waals surface area contributed by atoms with Gasteiger partial charge in [-0.1, -0.05) is 13.0 Å². The van der Waals surface area contributed by atoms with E-state index in [1.165, 1.54) is 37.8 Å². The first kappa shape index (κ1) is 14.7. The van der Waals surface area contributed by atoms with Gasteiger partial charge in [-0.2, -0.15) is 0 Å².